The summed E-state index contributed by atoms with van der Waals surface area (Å²) < 4.78 is 20.2. The molecule has 5 rings (SSSR count). The monoisotopic (exact) mass is 476 g/mol. The highest BCUT2D eigenvalue weighted by atomic mass is 35.5. The van der Waals surface area contributed by atoms with Crippen molar-refractivity contribution in [3.8, 4) is 22.8 Å². The second kappa shape index (κ2) is 9.29. The zero-order valence-corrected chi connectivity index (χ0v) is 19.9. The summed E-state index contributed by atoms with van der Waals surface area (Å²) in [6.07, 6.45) is 1.77. The molecule has 1 aromatic heterocycles. The number of aromatic nitrogens is 3. The van der Waals surface area contributed by atoms with Gasteiger partial charge in [-0.25, -0.2) is 9.37 Å². The van der Waals surface area contributed by atoms with E-state index < -0.39 is 5.60 Å². The van der Waals surface area contributed by atoms with E-state index in [0.717, 1.165) is 47.2 Å². The lowest BCUT2D eigenvalue weighted by Gasteiger charge is -2.31. The lowest BCUT2D eigenvalue weighted by Crippen LogP contribution is -2.28. The molecule has 4 aromatic rings. The standard InChI is InChI=1S/C27H26ClFN4O/c1-33(2)15-3-14-27(21-7-11-23(29)12-8-21)24-13-6-19(16-20(24)17-34-27)26-30-25(31-32-26)18-4-9-22(28)10-5-18/h4-13,16H,3,14-15,17H2,1-2H3,(H,30,31,32)/t27-/m0/s1. The molecule has 0 unspecified atom stereocenters. The SMILES string of the molecule is CN(C)CCC[C@@]1(c2ccc(F)cc2)OCc2cc(-c3n[nH]c(-c4ccc(Cl)cc4)n3)ccc21. The summed E-state index contributed by atoms with van der Waals surface area (Å²) in [5.41, 5.74) is 4.44. The molecule has 3 aromatic carbocycles. The fraction of sp³-hybridized carbons (Fsp3) is 0.259. The highest BCUT2D eigenvalue weighted by molar-refractivity contribution is 6.30. The zero-order chi connectivity index (χ0) is 23.7. The number of nitrogens with one attached hydrogen (secondary N) is 1. The van der Waals surface area contributed by atoms with Gasteiger partial charge in [0.25, 0.3) is 0 Å². The third-order valence-corrected chi connectivity index (χ3v) is 6.57. The number of ether oxygens (including phenoxy) is 1. The second-order valence-electron chi connectivity index (χ2n) is 8.92. The van der Waals surface area contributed by atoms with E-state index in [9.17, 15) is 4.39 Å². The van der Waals surface area contributed by atoms with Crippen molar-refractivity contribution in [1.29, 1.82) is 0 Å². The van der Waals surface area contributed by atoms with Crippen molar-refractivity contribution in [2.75, 3.05) is 20.6 Å². The zero-order valence-electron chi connectivity index (χ0n) is 19.2. The van der Waals surface area contributed by atoms with E-state index in [1.165, 1.54) is 12.1 Å². The number of H-pyrrole nitrogens is 1. The minimum Gasteiger partial charge on any atom is -0.361 e. The van der Waals surface area contributed by atoms with Crippen LogP contribution >= 0.6 is 11.6 Å². The van der Waals surface area contributed by atoms with Crippen molar-refractivity contribution in [3.05, 3.63) is 94.3 Å². The smallest absolute Gasteiger partial charge is 0.181 e. The average molecular weight is 477 g/mol. The molecule has 1 N–H and O–H groups in total. The summed E-state index contributed by atoms with van der Waals surface area (Å²) in [6, 6.07) is 20.4. The summed E-state index contributed by atoms with van der Waals surface area (Å²) in [7, 11) is 4.13. The Kier molecular flexibility index (Phi) is 6.21. The van der Waals surface area contributed by atoms with E-state index in [4.69, 9.17) is 16.3 Å². The van der Waals surface area contributed by atoms with E-state index in [0.29, 0.717) is 23.3 Å². The third-order valence-electron chi connectivity index (χ3n) is 6.32. The molecule has 0 aliphatic carbocycles. The van der Waals surface area contributed by atoms with Crippen molar-refractivity contribution < 1.29 is 9.13 Å². The van der Waals surface area contributed by atoms with Crippen LogP contribution in [0.3, 0.4) is 0 Å². The molecule has 0 fully saturated rings. The normalized spacial score (nSPS) is 17.3. The number of fused-ring (bicyclic) bond motifs is 1. The van der Waals surface area contributed by atoms with Crippen LogP contribution < -0.4 is 0 Å². The minimum absolute atomic E-state index is 0.248. The Hall–Kier alpha value is -3.06. The maximum absolute atomic E-state index is 13.7. The van der Waals surface area contributed by atoms with Crippen LogP contribution in [0.25, 0.3) is 22.8 Å². The van der Waals surface area contributed by atoms with Crippen LogP contribution in [-0.2, 0) is 16.9 Å². The number of benzene rings is 3. The first-order valence-electron chi connectivity index (χ1n) is 11.3. The Morgan fingerprint density at radius 1 is 1.03 bits per heavy atom. The van der Waals surface area contributed by atoms with Crippen molar-refractivity contribution in [2.24, 2.45) is 0 Å². The van der Waals surface area contributed by atoms with Gasteiger partial charge < -0.3 is 9.64 Å². The van der Waals surface area contributed by atoms with Gasteiger partial charge in [0.15, 0.2) is 11.6 Å². The predicted octanol–water partition coefficient (Wildman–Crippen LogP) is 6.05. The van der Waals surface area contributed by atoms with Gasteiger partial charge in [0.1, 0.15) is 11.4 Å². The number of nitrogens with zero attached hydrogens (tertiary/aromatic N) is 3. The van der Waals surface area contributed by atoms with Gasteiger partial charge in [0.2, 0.25) is 0 Å². The Morgan fingerprint density at radius 3 is 2.50 bits per heavy atom. The predicted molar refractivity (Wildman–Crippen MR) is 132 cm³/mol. The molecule has 1 atom stereocenters. The van der Waals surface area contributed by atoms with E-state index in [2.05, 4.69) is 46.3 Å². The van der Waals surface area contributed by atoms with Gasteiger partial charge in [0, 0.05) is 16.1 Å². The summed E-state index contributed by atoms with van der Waals surface area (Å²) in [6.45, 7) is 1.43. The summed E-state index contributed by atoms with van der Waals surface area (Å²) in [5, 5.41) is 8.12. The first-order chi connectivity index (χ1) is 16.4. The minimum atomic E-state index is -0.592. The van der Waals surface area contributed by atoms with Crippen LogP contribution in [0.2, 0.25) is 5.02 Å². The van der Waals surface area contributed by atoms with Crippen LogP contribution in [0, 0.1) is 5.82 Å². The van der Waals surface area contributed by atoms with Gasteiger partial charge in [0.05, 0.1) is 6.61 Å². The number of rotatable bonds is 7. The van der Waals surface area contributed by atoms with E-state index in [-0.39, 0.29) is 5.82 Å². The molecule has 5 nitrogen and oxygen atoms in total. The molecule has 0 spiro atoms. The maximum Gasteiger partial charge on any atom is 0.181 e. The summed E-state index contributed by atoms with van der Waals surface area (Å²) in [5.74, 6) is 1.06. The Labute approximate surface area is 203 Å². The van der Waals surface area contributed by atoms with Gasteiger partial charge in [-0.15, -0.1) is 0 Å². The largest absolute Gasteiger partial charge is 0.361 e. The molecule has 174 valence electrons. The van der Waals surface area contributed by atoms with E-state index in [1.807, 2.05) is 42.5 Å². The molecule has 34 heavy (non-hydrogen) atoms. The molecule has 0 saturated heterocycles. The molecule has 2 heterocycles. The van der Waals surface area contributed by atoms with Gasteiger partial charge in [-0.05, 0) is 92.6 Å². The number of halogens is 2. The van der Waals surface area contributed by atoms with Gasteiger partial charge in [-0.2, -0.15) is 5.10 Å². The van der Waals surface area contributed by atoms with Crippen molar-refractivity contribution >= 4 is 11.6 Å². The molecule has 1 aliphatic rings. The molecule has 0 amide bonds. The van der Waals surface area contributed by atoms with Gasteiger partial charge in [-0.1, -0.05) is 35.9 Å². The molecular weight excluding hydrogens is 451 g/mol. The molecule has 7 heteroatoms. The highest BCUT2D eigenvalue weighted by Crippen LogP contribution is 2.46. The highest BCUT2D eigenvalue weighted by Gasteiger charge is 2.41. The van der Waals surface area contributed by atoms with Gasteiger partial charge >= 0.3 is 0 Å². The number of hydrogen-bond acceptors (Lipinski definition) is 4. The van der Waals surface area contributed by atoms with Crippen LogP contribution in [0.1, 0.15) is 29.5 Å². The van der Waals surface area contributed by atoms with Crippen LogP contribution in [-0.4, -0.2) is 40.7 Å². The molecule has 0 radical (unpaired) electrons. The lowest BCUT2D eigenvalue weighted by atomic mass is 9.81. The molecular formula is C27H26ClFN4O. The molecule has 0 bridgehead atoms. The van der Waals surface area contributed by atoms with E-state index in [1.54, 1.807) is 0 Å². The fourth-order valence-corrected chi connectivity index (χ4v) is 4.73. The Bertz CT molecular complexity index is 1290. The molecule has 0 saturated carbocycles. The molecule has 1 aliphatic heterocycles. The van der Waals surface area contributed by atoms with E-state index >= 15 is 0 Å². The quantitative estimate of drug-likeness (QED) is 0.353. The first kappa shape index (κ1) is 22.7. The number of aromatic amines is 1. The average Bonchev–Trinajstić information content (AvgIpc) is 3.46. The number of hydrogen-bond donors (Lipinski definition) is 1. The van der Waals surface area contributed by atoms with Crippen molar-refractivity contribution in [1.82, 2.24) is 20.1 Å². The summed E-state index contributed by atoms with van der Waals surface area (Å²) in [4.78, 5) is 6.85. The van der Waals surface area contributed by atoms with Crippen LogP contribution in [0.15, 0.2) is 66.7 Å². The van der Waals surface area contributed by atoms with Crippen LogP contribution in [0.4, 0.5) is 4.39 Å². The van der Waals surface area contributed by atoms with Gasteiger partial charge in [-0.3, -0.25) is 5.10 Å². The first-order valence-corrected chi connectivity index (χ1v) is 11.7. The van der Waals surface area contributed by atoms with Crippen molar-refractivity contribution in [3.63, 3.8) is 0 Å². The lowest BCUT2D eigenvalue weighted by molar-refractivity contribution is -0.0140. The maximum atomic E-state index is 13.7. The van der Waals surface area contributed by atoms with Crippen molar-refractivity contribution in [2.45, 2.75) is 25.0 Å². The fourth-order valence-electron chi connectivity index (χ4n) is 4.61. The van der Waals surface area contributed by atoms with Crippen LogP contribution in [0.5, 0.6) is 0 Å². The Balaban J connectivity index is 1.48. The third kappa shape index (κ3) is 4.37. The second-order valence-corrected chi connectivity index (χ2v) is 9.35. The Morgan fingerprint density at radius 2 is 1.76 bits per heavy atom. The topological polar surface area (TPSA) is 54.0 Å². The summed E-state index contributed by atoms with van der Waals surface area (Å²) >= 11 is 6.00.